The van der Waals surface area contributed by atoms with Crippen LogP contribution in [-0.2, 0) is 4.79 Å². The van der Waals surface area contributed by atoms with Crippen molar-refractivity contribution in [2.75, 3.05) is 0 Å². The summed E-state index contributed by atoms with van der Waals surface area (Å²) < 4.78 is 0. The lowest BCUT2D eigenvalue weighted by atomic mass is 9.49. The quantitative estimate of drug-likeness (QED) is 0.689. The molecule has 0 saturated heterocycles. The van der Waals surface area contributed by atoms with Crippen LogP contribution >= 0.6 is 0 Å². The fraction of sp³-hybridized carbons (Fsp3) is 0.750. The standard InChI is InChI=1S/C20H28O2/c1-11-8-13-9-14(21)4-5-15(13)18-12(2)10-20(3)16(19(11)18)6-7-17(20)22/h6,9,11-12,15,17-19,22H,4-5,7-8,10H2,1-3H3/t11-,12+,15+,17+,18-,19+,20+/m1/s1. The van der Waals surface area contributed by atoms with Gasteiger partial charge in [-0.1, -0.05) is 38.0 Å². The predicted molar refractivity (Wildman–Crippen MR) is 87.2 cm³/mol. The van der Waals surface area contributed by atoms with Crippen molar-refractivity contribution in [2.24, 2.45) is 35.0 Å². The molecular weight excluding hydrogens is 272 g/mol. The Hall–Kier alpha value is -0.890. The number of allylic oxidation sites excluding steroid dienone is 2. The van der Waals surface area contributed by atoms with Crippen molar-refractivity contribution < 1.29 is 9.90 Å². The summed E-state index contributed by atoms with van der Waals surface area (Å²) in [6.45, 7) is 7.03. The van der Waals surface area contributed by atoms with Crippen LogP contribution in [0.1, 0.15) is 52.9 Å². The molecule has 4 rings (SSSR count). The van der Waals surface area contributed by atoms with Crippen LogP contribution in [-0.4, -0.2) is 17.0 Å². The van der Waals surface area contributed by atoms with Crippen LogP contribution < -0.4 is 0 Å². The van der Waals surface area contributed by atoms with Crippen molar-refractivity contribution in [1.82, 2.24) is 0 Å². The summed E-state index contributed by atoms with van der Waals surface area (Å²) in [5.74, 6) is 3.45. The topological polar surface area (TPSA) is 37.3 Å². The fourth-order valence-electron chi connectivity index (χ4n) is 6.41. The first-order chi connectivity index (χ1) is 10.4. The van der Waals surface area contributed by atoms with Crippen LogP contribution in [0.2, 0.25) is 0 Å². The van der Waals surface area contributed by atoms with Gasteiger partial charge in [0.15, 0.2) is 5.78 Å². The van der Waals surface area contributed by atoms with Crippen LogP contribution in [0.4, 0.5) is 0 Å². The Morgan fingerprint density at radius 1 is 1.27 bits per heavy atom. The van der Waals surface area contributed by atoms with Gasteiger partial charge in [0.05, 0.1) is 6.10 Å². The zero-order chi connectivity index (χ0) is 15.6. The Bertz CT molecular complexity index is 572. The molecule has 2 heteroatoms. The number of aliphatic hydroxyl groups is 1. The summed E-state index contributed by atoms with van der Waals surface area (Å²) in [6, 6.07) is 0. The Kier molecular flexibility index (Phi) is 3.21. The lowest BCUT2D eigenvalue weighted by Gasteiger charge is -2.56. The van der Waals surface area contributed by atoms with E-state index in [1.54, 1.807) is 5.57 Å². The Balaban J connectivity index is 1.76. The molecule has 0 heterocycles. The smallest absolute Gasteiger partial charge is 0.155 e. The molecule has 0 radical (unpaired) electrons. The van der Waals surface area contributed by atoms with E-state index >= 15 is 0 Å². The Labute approximate surface area is 133 Å². The van der Waals surface area contributed by atoms with E-state index in [1.165, 1.54) is 5.57 Å². The van der Waals surface area contributed by atoms with Gasteiger partial charge < -0.3 is 5.11 Å². The molecule has 0 aliphatic heterocycles. The molecule has 0 unspecified atom stereocenters. The largest absolute Gasteiger partial charge is 0.392 e. The van der Waals surface area contributed by atoms with E-state index in [0.29, 0.717) is 35.4 Å². The molecule has 0 aromatic rings. The van der Waals surface area contributed by atoms with Crippen molar-refractivity contribution in [3.63, 3.8) is 0 Å². The van der Waals surface area contributed by atoms with Gasteiger partial charge in [-0.25, -0.2) is 0 Å². The Morgan fingerprint density at radius 2 is 2.05 bits per heavy atom. The normalized spacial score (nSPS) is 50.6. The average Bonchev–Trinajstić information content (AvgIpc) is 2.74. The molecule has 4 aliphatic carbocycles. The highest BCUT2D eigenvalue weighted by Gasteiger charge is 2.56. The number of fused-ring (bicyclic) bond motifs is 5. The minimum Gasteiger partial charge on any atom is -0.392 e. The first kappa shape index (κ1) is 14.7. The molecule has 2 nitrogen and oxygen atoms in total. The van der Waals surface area contributed by atoms with Gasteiger partial charge in [-0.2, -0.15) is 0 Å². The van der Waals surface area contributed by atoms with E-state index in [4.69, 9.17) is 0 Å². The summed E-state index contributed by atoms with van der Waals surface area (Å²) >= 11 is 0. The van der Waals surface area contributed by atoms with Gasteiger partial charge in [0.1, 0.15) is 0 Å². The van der Waals surface area contributed by atoms with Gasteiger partial charge in [0.2, 0.25) is 0 Å². The van der Waals surface area contributed by atoms with Gasteiger partial charge >= 0.3 is 0 Å². The number of carbonyl (C=O) groups excluding carboxylic acids is 1. The second-order valence-corrected chi connectivity index (χ2v) is 8.63. The van der Waals surface area contributed by atoms with Crippen LogP contribution in [0.3, 0.4) is 0 Å². The van der Waals surface area contributed by atoms with Gasteiger partial charge in [-0.15, -0.1) is 0 Å². The lowest BCUT2D eigenvalue weighted by Crippen LogP contribution is -2.50. The van der Waals surface area contributed by atoms with Gasteiger partial charge in [0, 0.05) is 11.8 Å². The highest BCUT2D eigenvalue weighted by molar-refractivity contribution is 5.91. The average molecular weight is 300 g/mol. The minimum atomic E-state index is -0.192. The first-order valence-corrected chi connectivity index (χ1v) is 9.03. The van der Waals surface area contributed by atoms with Crippen molar-refractivity contribution >= 4 is 5.78 Å². The maximum Gasteiger partial charge on any atom is 0.155 e. The molecule has 2 saturated carbocycles. The highest BCUT2D eigenvalue weighted by atomic mass is 16.3. The Morgan fingerprint density at radius 3 is 2.82 bits per heavy atom. The molecule has 120 valence electrons. The van der Waals surface area contributed by atoms with E-state index in [1.807, 2.05) is 6.08 Å². The maximum atomic E-state index is 11.8. The number of aliphatic hydroxyl groups excluding tert-OH is 1. The summed E-state index contributed by atoms with van der Waals surface area (Å²) in [5, 5.41) is 10.5. The summed E-state index contributed by atoms with van der Waals surface area (Å²) in [4.78, 5) is 11.8. The summed E-state index contributed by atoms with van der Waals surface area (Å²) in [6.07, 6.45) is 8.93. The predicted octanol–water partition coefficient (Wildman–Crippen LogP) is 3.90. The summed E-state index contributed by atoms with van der Waals surface area (Å²) in [5.41, 5.74) is 2.98. The van der Waals surface area contributed by atoms with Crippen LogP contribution in [0.25, 0.3) is 0 Å². The van der Waals surface area contributed by atoms with Gasteiger partial charge in [-0.3, -0.25) is 4.79 Å². The summed E-state index contributed by atoms with van der Waals surface area (Å²) in [7, 11) is 0. The van der Waals surface area contributed by atoms with E-state index in [0.717, 1.165) is 32.1 Å². The molecule has 4 aliphatic rings. The van der Waals surface area contributed by atoms with Crippen molar-refractivity contribution in [1.29, 1.82) is 0 Å². The molecule has 0 bridgehead atoms. The third-order valence-electron chi connectivity index (χ3n) is 7.29. The van der Waals surface area contributed by atoms with Crippen LogP contribution in [0.5, 0.6) is 0 Å². The molecular formula is C20H28O2. The number of hydrogen-bond acceptors (Lipinski definition) is 2. The molecule has 1 N–H and O–H groups in total. The molecule has 0 aromatic heterocycles. The molecule has 7 atom stereocenters. The van der Waals surface area contributed by atoms with Crippen LogP contribution in [0, 0.1) is 35.0 Å². The maximum absolute atomic E-state index is 11.8. The van der Waals surface area contributed by atoms with Gasteiger partial charge in [0.25, 0.3) is 0 Å². The van der Waals surface area contributed by atoms with Gasteiger partial charge in [-0.05, 0) is 61.3 Å². The highest BCUT2D eigenvalue weighted by Crippen LogP contribution is 2.62. The van der Waals surface area contributed by atoms with Crippen LogP contribution in [0.15, 0.2) is 23.3 Å². The number of rotatable bonds is 0. The molecule has 22 heavy (non-hydrogen) atoms. The van der Waals surface area contributed by atoms with E-state index < -0.39 is 0 Å². The van der Waals surface area contributed by atoms with Crippen molar-refractivity contribution in [2.45, 2.75) is 59.0 Å². The molecule has 0 aromatic carbocycles. The first-order valence-electron chi connectivity index (χ1n) is 9.03. The monoisotopic (exact) mass is 300 g/mol. The molecule has 0 spiro atoms. The second-order valence-electron chi connectivity index (χ2n) is 8.63. The van der Waals surface area contributed by atoms with Crippen molar-refractivity contribution in [3.05, 3.63) is 23.3 Å². The SMILES string of the molecule is C[C@@H]1CC2=CC(=O)CC[C@@H]2[C@@H]2[C@@H]1C1=CC[C@H](O)[C@@]1(C)C[C@@H]2C. The molecule has 2 fully saturated rings. The van der Waals surface area contributed by atoms with E-state index in [2.05, 4.69) is 26.8 Å². The number of carbonyl (C=O) groups is 1. The van der Waals surface area contributed by atoms with Crippen molar-refractivity contribution in [3.8, 4) is 0 Å². The third-order valence-corrected chi connectivity index (χ3v) is 7.29. The second kappa shape index (κ2) is 4.80. The zero-order valence-electron chi connectivity index (χ0n) is 14.0. The van der Waals surface area contributed by atoms with E-state index in [9.17, 15) is 9.90 Å². The van der Waals surface area contributed by atoms with E-state index in [-0.39, 0.29) is 11.5 Å². The fourth-order valence-corrected chi connectivity index (χ4v) is 6.41. The molecule has 0 amide bonds. The lowest BCUT2D eigenvalue weighted by molar-refractivity contribution is -0.116. The third kappa shape index (κ3) is 1.86. The number of ketones is 1. The zero-order valence-corrected chi connectivity index (χ0v) is 14.0. The number of hydrogen-bond donors (Lipinski definition) is 1. The minimum absolute atomic E-state index is 0.000543.